The van der Waals surface area contributed by atoms with E-state index >= 15 is 0 Å². The first kappa shape index (κ1) is 12.8. The minimum atomic E-state index is -4.29. The Kier molecular flexibility index (Phi) is 4.39. The van der Waals surface area contributed by atoms with Crippen LogP contribution >= 0.6 is 22.6 Å². The fourth-order valence-corrected chi connectivity index (χ4v) is 1.83. The topological polar surface area (TPSA) is 26.0 Å². The van der Waals surface area contributed by atoms with Gasteiger partial charge in [0, 0.05) is 3.57 Å². The van der Waals surface area contributed by atoms with Crippen molar-refractivity contribution >= 4 is 22.6 Å². The molecular formula is C10H11F3IN. The highest BCUT2D eigenvalue weighted by molar-refractivity contribution is 14.1. The molecule has 0 amide bonds. The van der Waals surface area contributed by atoms with Crippen LogP contribution in [0.5, 0.6) is 0 Å². The van der Waals surface area contributed by atoms with Gasteiger partial charge in [-0.05, 0) is 47.1 Å². The molecular weight excluding hydrogens is 318 g/mol. The van der Waals surface area contributed by atoms with Gasteiger partial charge < -0.3 is 5.73 Å². The first-order valence-electron chi connectivity index (χ1n) is 4.47. The maximum atomic E-state index is 12.1. The van der Waals surface area contributed by atoms with Crippen LogP contribution in [0.2, 0.25) is 0 Å². The van der Waals surface area contributed by atoms with Gasteiger partial charge in [0.2, 0.25) is 0 Å². The molecule has 15 heavy (non-hydrogen) atoms. The van der Waals surface area contributed by atoms with E-state index in [9.17, 15) is 13.2 Å². The smallest absolute Gasteiger partial charge is 0.320 e. The van der Waals surface area contributed by atoms with Crippen LogP contribution in [0.3, 0.4) is 0 Å². The first-order chi connectivity index (χ1) is 6.91. The summed E-state index contributed by atoms with van der Waals surface area (Å²) in [5.74, 6) is 0. The van der Waals surface area contributed by atoms with Gasteiger partial charge in [-0.15, -0.1) is 0 Å². The van der Waals surface area contributed by atoms with Crippen LogP contribution in [0.25, 0.3) is 0 Å². The van der Waals surface area contributed by atoms with E-state index < -0.39 is 12.2 Å². The van der Waals surface area contributed by atoms with E-state index in [-0.39, 0.29) is 6.42 Å². The molecule has 0 radical (unpaired) electrons. The second kappa shape index (κ2) is 5.16. The Labute approximate surface area is 100.0 Å². The fraction of sp³-hybridized carbons (Fsp3) is 0.400. The van der Waals surface area contributed by atoms with Crippen LogP contribution in [0.1, 0.15) is 12.0 Å². The highest BCUT2D eigenvalue weighted by Crippen LogP contribution is 2.23. The molecule has 0 aliphatic rings. The molecule has 0 aromatic heterocycles. The van der Waals surface area contributed by atoms with Gasteiger partial charge in [-0.3, -0.25) is 0 Å². The van der Waals surface area contributed by atoms with Crippen LogP contribution in [0.15, 0.2) is 24.3 Å². The third-order valence-electron chi connectivity index (χ3n) is 2.10. The number of hydrogen-bond acceptors (Lipinski definition) is 1. The summed E-state index contributed by atoms with van der Waals surface area (Å²) in [6, 6.07) is 5.64. The van der Waals surface area contributed by atoms with Gasteiger partial charge in [0.15, 0.2) is 0 Å². The maximum absolute atomic E-state index is 12.1. The second-order valence-corrected chi connectivity index (χ2v) is 4.44. The SMILES string of the molecule is NC(CCc1ccccc1I)C(F)(F)F. The van der Waals surface area contributed by atoms with Gasteiger partial charge in [0.25, 0.3) is 0 Å². The van der Waals surface area contributed by atoms with E-state index in [2.05, 4.69) is 22.6 Å². The van der Waals surface area contributed by atoms with Gasteiger partial charge in [-0.1, -0.05) is 18.2 Å². The minimum Gasteiger partial charge on any atom is -0.320 e. The lowest BCUT2D eigenvalue weighted by Crippen LogP contribution is -2.37. The minimum absolute atomic E-state index is 0.0660. The molecule has 0 heterocycles. The van der Waals surface area contributed by atoms with Crippen molar-refractivity contribution in [1.29, 1.82) is 0 Å². The molecule has 1 aromatic rings. The lowest BCUT2D eigenvalue weighted by atomic mass is 10.1. The van der Waals surface area contributed by atoms with E-state index in [1.54, 1.807) is 0 Å². The Hall–Kier alpha value is -0.300. The van der Waals surface area contributed by atoms with E-state index in [1.165, 1.54) is 0 Å². The summed E-state index contributed by atoms with van der Waals surface area (Å²) < 4.78 is 37.4. The predicted molar refractivity (Wildman–Crippen MR) is 61.5 cm³/mol. The zero-order valence-corrected chi connectivity index (χ0v) is 10.0. The van der Waals surface area contributed by atoms with Crippen molar-refractivity contribution in [2.24, 2.45) is 5.73 Å². The normalized spacial score (nSPS) is 13.9. The zero-order valence-electron chi connectivity index (χ0n) is 7.89. The molecule has 1 atom stereocenters. The van der Waals surface area contributed by atoms with Crippen LogP contribution in [-0.2, 0) is 6.42 Å². The van der Waals surface area contributed by atoms with Crippen molar-refractivity contribution in [2.45, 2.75) is 25.1 Å². The molecule has 0 spiro atoms. The lowest BCUT2D eigenvalue weighted by molar-refractivity contribution is -0.148. The predicted octanol–water partition coefficient (Wildman–Crippen LogP) is 3.11. The molecule has 0 aliphatic heterocycles. The molecule has 0 saturated carbocycles. The summed E-state index contributed by atoms with van der Waals surface area (Å²) in [6.07, 6.45) is -4.00. The third-order valence-corrected chi connectivity index (χ3v) is 3.16. The summed E-state index contributed by atoms with van der Waals surface area (Å²) in [5.41, 5.74) is 5.94. The number of rotatable bonds is 3. The van der Waals surface area contributed by atoms with Crippen molar-refractivity contribution in [3.05, 3.63) is 33.4 Å². The molecule has 0 saturated heterocycles. The molecule has 1 aromatic carbocycles. The Morgan fingerprint density at radius 1 is 1.27 bits per heavy atom. The summed E-state index contributed by atoms with van der Waals surface area (Å²) in [6.45, 7) is 0. The molecule has 1 unspecified atom stereocenters. The van der Waals surface area contributed by atoms with Gasteiger partial charge in [0.05, 0.1) is 0 Å². The molecule has 0 bridgehead atoms. The number of benzene rings is 1. The Balaban J connectivity index is 2.55. The van der Waals surface area contributed by atoms with Gasteiger partial charge in [-0.25, -0.2) is 0 Å². The molecule has 84 valence electrons. The summed E-state index contributed by atoms with van der Waals surface area (Å²) >= 11 is 2.11. The van der Waals surface area contributed by atoms with E-state index in [4.69, 9.17) is 5.73 Å². The van der Waals surface area contributed by atoms with Crippen molar-refractivity contribution in [3.8, 4) is 0 Å². The van der Waals surface area contributed by atoms with Crippen molar-refractivity contribution in [2.75, 3.05) is 0 Å². The highest BCUT2D eigenvalue weighted by atomic mass is 127. The lowest BCUT2D eigenvalue weighted by Gasteiger charge is -2.15. The summed E-state index contributed by atoms with van der Waals surface area (Å²) in [5, 5.41) is 0. The van der Waals surface area contributed by atoms with Crippen molar-refractivity contribution in [1.82, 2.24) is 0 Å². The quantitative estimate of drug-likeness (QED) is 0.848. The fourth-order valence-electron chi connectivity index (χ4n) is 1.18. The van der Waals surface area contributed by atoms with E-state index in [0.29, 0.717) is 6.42 Å². The molecule has 1 rings (SSSR count). The molecule has 0 aliphatic carbocycles. The number of hydrogen-bond donors (Lipinski definition) is 1. The standard InChI is InChI=1S/C10H11F3IN/c11-10(12,13)9(15)6-5-7-3-1-2-4-8(7)14/h1-4,9H,5-6,15H2. The zero-order chi connectivity index (χ0) is 11.5. The van der Waals surface area contributed by atoms with Crippen molar-refractivity contribution < 1.29 is 13.2 Å². The average Bonchev–Trinajstić information content (AvgIpc) is 2.14. The molecule has 0 fully saturated rings. The van der Waals surface area contributed by atoms with E-state index in [1.807, 2.05) is 24.3 Å². The van der Waals surface area contributed by atoms with Crippen LogP contribution < -0.4 is 5.73 Å². The van der Waals surface area contributed by atoms with Crippen molar-refractivity contribution in [3.63, 3.8) is 0 Å². The highest BCUT2D eigenvalue weighted by Gasteiger charge is 2.36. The van der Waals surface area contributed by atoms with E-state index in [0.717, 1.165) is 9.13 Å². The Morgan fingerprint density at radius 3 is 2.40 bits per heavy atom. The summed E-state index contributed by atoms with van der Waals surface area (Å²) in [4.78, 5) is 0. The van der Waals surface area contributed by atoms with Gasteiger partial charge >= 0.3 is 6.18 Å². The Morgan fingerprint density at radius 2 is 1.87 bits per heavy atom. The number of nitrogens with two attached hydrogens (primary N) is 1. The maximum Gasteiger partial charge on any atom is 0.403 e. The molecule has 1 nitrogen and oxygen atoms in total. The first-order valence-corrected chi connectivity index (χ1v) is 5.55. The monoisotopic (exact) mass is 329 g/mol. The summed E-state index contributed by atoms with van der Waals surface area (Å²) in [7, 11) is 0. The van der Waals surface area contributed by atoms with Crippen LogP contribution in [0, 0.1) is 3.57 Å². The second-order valence-electron chi connectivity index (χ2n) is 3.28. The number of aryl methyl sites for hydroxylation is 1. The number of halogens is 4. The number of alkyl halides is 3. The van der Waals surface area contributed by atoms with Gasteiger partial charge in [-0.2, -0.15) is 13.2 Å². The average molecular weight is 329 g/mol. The Bertz CT molecular complexity index is 325. The van der Waals surface area contributed by atoms with Crippen LogP contribution in [0.4, 0.5) is 13.2 Å². The largest absolute Gasteiger partial charge is 0.403 e. The molecule has 5 heteroatoms. The van der Waals surface area contributed by atoms with Crippen LogP contribution in [-0.4, -0.2) is 12.2 Å². The van der Waals surface area contributed by atoms with Gasteiger partial charge in [0.1, 0.15) is 6.04 Å². The third kappa shape index (κ3) is 3.98. The molecule has 2 N–H and O–H groups in total.